The van der Waals surface area contributed by atoms with E-state index in [0.717, 1.165) is 0 Å². The highest BCUT2D eigenvalue weighted by atomic mass is 16.6. The molecule has 0 aromatic rings. The van der Waals surface area contributed by atoms with Crippen molar-refractivity contribution >= 4 is 5.97 Å². The molecule has 1 saturated heterocycles. The van der Waals surface area contributed by atoms with E-state index in [9.17, 15) is 4.79 Å². The maximum absolute atomic E-state index is 10.3. The van der Waals surface area contributed by atoms with Gasteiger partial charge in [-0.2, -0.15) is 0 Å². The maximum Gasteiger partial charge on any atom is 0.326 e. The first kappa shape index (κ1) is 6.51. The molecular formula is C5H9NO3. The fraction of sp³-hybridized carbons (Fsp3) is 0.800. The number of ether oxygens (including phenoxy) is 1. The second kappa shape index (κ2) is 1.68. The largest absolute Gasteiger partial charge is 0.480 e. The Kier molecular flexibility index (Phi) is 1.22. The molecule has 1 fully saturated rings. The number of aliphatic carboxylic acids is 1. The lowest BCUT2D eigenvalue weighted by atomic mass is 10.0. The molecule has 0 aromatic heterocycles. The van der Waals surface area contributed by atoms with Crippen LogP contribution in [0.15, 0.2) is 0 Å². The zero-order valence-corrected chi connectivity index (χ0v) is 5.13. The van der Waals surface area contributed by atoms with Crippen molar-refractivity contribution in [3.8, 4) is 0 Å². The van der Waals surface area contributed by atoms with Crippen LogP contribution in [0.25, 0.3) is 0 Å². The van der Waals surface area contributed by atoms with Crippen LogP contribution >= 0.6 is 0 Å². The quantitative estimate of drug-likeness (QED) is 0.480. The van der Waals surface area contributed by atoms with E-state index >= 15 is 0 Å². The van der Waals surface area contributed by atoms with Gasteiger partial charge in [0, 0.05) is 0 Å². The molecule has 52 valence electrons. The summed E-state index contributed by atoms with van der Waals surface area (Å²) < 4.78 is 4.73. The summed E-state index contributed by atoms with van der Waals surface area (Å²) in [5.74, 6) is -1.01. The van der Waals surface area contributed by atoms with Crippen LogP contribution in [0.1, 0.15) is 6.92 Å². The Morgan fingerprint density at radius 2 is 2.44 bits per heavy atom. The van der Waals surface area contributed by atoms with Crippen LogP contribution in [0.3, 0.4) is 0 Å². The summed E-state index contributed by atoms with van der Waals surface area (Å²) in [6.45, 7) is 1.92. The molecule has 0 radical (unpaired) electrons. The average molecular weight is 131 g/mol. The van der Waals surface area contributed by atoms with Crippen LogP contribution in [0.4, 0.5) is 0 Å². The van der Waals surface area contributed by atoms with Gasteiger partial charge in [0.05, 0.1) is 6.61 Å². The molecule has 0 bridgehead atoms. The zero-order valence-electron chi connectivity index (χ0n) is 5.13. The molecule has 3 N–H and O–H groups in total. The topological polar surface area (TPSA) is 75.9 Å². The Morgan fingerprint density at radius 1 is 2.00 bits per heavy atom. The van der Waals surface area contributed by atoms with Crippen LogP contribution < -0.4 is 5.73 Å². The average Bonchev–Trinajstić information content (AvgIpc) is 2.42. The van der Waals surface area contributed by atoms with Gasteiger partial charge in [0.1, 0.15) is 11.6 Å². The van der Waals surface area contributed by atoms with Crippen molar-refractivity contribution in [1.29, 1.82) is 0 Å². The van der Waals surface area contributed by atoms with Gasteiger partial charge in [0.2, 0.25) is 0 Å². The molecule has 4 nitrogen and oxygen atoms in total. The Balaban J connectivity index is 2.59. The molecule has 0 aromatic carbocycles. The lowest BCUT2D eigenvalue weighted by Gasteiger charge is -2.14. The third-order valence-electron chi connectivity index (χ3n) is 1.46. The molecule has 0 aliphatic carbocycles. The normalized spacial score (nSPS) is 31.1. The van der Waals surface area contributed by atoms with E-state index in [-0.39, 0.29) is 6.10 Å². The Labute approximate surface area is 52.6 Å². The summed E-state index contributed by atoms with van der Waals surface area (Å²) in [5, 5.41) is 8.45. The summed E-state index contributed by atoms with van der Waals surface area (Å²) in [6, 6.07) is 0. The number of hydrogen-bond donors (Lipinski definition) is 2. The van der Waals surface area contributed by atoms with Crippen LogP contribution in [0.5, 0.6) is 0 Å². The third kappa shape index (κ3) is 1.04. The van der Waals surface area contributed by atoms with E-state index in [1.54, 1.807) is 0 Å². The van der Waals surface area contributed by atoms with Crippen LogP contribution in [0, 0.1) is 0 Å². The first-order valence-electron chi connectivity index (χ1n) is 2.69. The number of hydrogen-bond acceptors (Lipinski definition) is 3. The first-order valence-corrected chi connectivity index (χ1v) is 2.69. The summed E-state index contributed by atoms with van der Waals surface area (Å²) in [7, 11) is 0. The van der Waals surface area contributed by atoms with Crippen LogP contribution in [-0.4, -0.2) is 29.3 Å². The van der Waals surface area contributed by atoms with E-state index in [4.69, 9.17) is 15.6 Å². The molecule has 2 atom stereocenters. The molecule has 2 unspecified atom stereocenters. The summed E-state index contributed by atoms with van der Waals surface area (Å²) >= 11 is 0. The van der Waals surface area contributed by atoms with E-state index in [2.05, 4.69) is 0 Å². The van der Waals surface area contributed by atoms with Crippen LogP contribution in [0.2, 0.25) is 0 Å². The number of carboxylic acid groups (broad SMARTS) is 1. The minimum absolute atomic E-state index is 0.282. The van der Waals surface area contributed by atoms with Gasteiger partial charge in [0.25, 0.3) is 0 Å². The molecular weight excluding hydrogens is 122 g/mol. The molecule has 1 heterocycles. The Morgan fingerprint density at radius 3 is 2.56 bits per heavy atom. The van der Waals surface area contributed by atoms with Gasteiger partial charge in [-0.15, -0.1) is 0 Å². The van der Waals surface area contributed by atoms with Gasteiger partial charge in [0.15, 0.2) is 0 Å². The fourth-order valence-electron chi connectivity index (χ4n) is 0.532. The van der Waals surface area contributed by atoms with E-state index in [1.165, 1.54) is 6.92 Å². The van der Waals surface area contributed by atoms with Crippen LogP contribution in [-0.2, 0) is 9.53 Å². The number of epoxide rings is 1. The molecule has 0 amide bonds. The molecule has 1 rings (SSSR count). The molecule has 1 aliphatic heterocycles. The van der Waals surface area contributed by atoms with Gasteiger partial charge in [-0.1, -0.05) is 0 Å². The van der Waals surface area contributed by atoms with Crippen molar-refractivity contribution in [2.24, 2.45) is 5.73 Å². The number of nitrogens with two attached hydrogens (primary N) is 1. The molecule has 1 aliphatic rings. The van der Waals surface area contributed by atoms with Gasteiger partial charge in [-0.25, -0.2) is 0 Å². The maximum atomic E-state index is 10.3. The summed E-state index contributed by atoms with van der Waals surface area (Å²) in [5.41, 5.74) is 4.15. The van der Waals surface area contributed by atoms with Gasteiger partial charge in [-0.3, -0.25) is 4.79 Å². The number of rotatable bonds is 2. The standard InChI is InChI=1S/C5H9NO3/c1-5(6,4(7)8)3-2-9-3/h3H,2,6H2,1H3,(H,7,8). The van der Waals surface area contributed by atoms with Crippen molar-refractivity contribution in [2.45, 2.75) is 18.6 Å². The summed E-state index contributed by atoms with van der Waals surface area (Å²) in [4.78, 5) is 10.3. The Bertz CT molecular complexity index is 139. The van der Waals surface area contributed by atoms with Gasteiger partial charge >= 0.3 is 5.97 Å². The summed E-state index contributed by atoms with van der Waals surface area (Å²) in [6.07, 6.45) is -0.282. The van der Waals surface area contributed by atoms with Crippen molar-refractivity contribution in [2.75, 3.05) is 6.61 Å². The molecule has 0 saturated carbocycles. The lowest BCUT2D eigenvalue weighted by molar-refractivity contribution is -0.143. The highest BCUT2D eigenvalue weighted by Gasteiger charge is 2.46. The smallest absolute Gasteiger partial charge is 0.326 e. The Hall–Kier alpha value is -0.610. The SMILES string of the molecule is CC(N)(C(=O)O)C1CO1. The third-order valence-corrected chi connectivity index (χ3v) is 1.46. The minimum atomic E-state index is -1.19. The van der Waals surface area contributed by atoms with Crippen molar-refractivity contribution in [3.63, 3.8) is 0 Å². The number of carbonyl (C=O) groups is 1. The van der Waals surface area contributed by atoms with Crippen molar-refractivity contribution in [3.05, 3.63) is 0 Å². The fourth-order valence-corrected chi connectivity index (χ4v) is 0.532. The second-order valence-electron chi connectivity index (χ2n) is 2.41. The molecule has 9 heavy (non-hydrogen) atoms. The molecule has 4 heteroatoms. The van der Waals surface area contributed by atoms with Gasteiger partial charge < -0.3 is 15.6 Å². The van der Waals surface area contributed by atoms with E-state index in [0.29, 0.717) is 6.61 Å². The van der Waals surface area contributed by atoms with E-state index in [1.807, 2.05) is 0 Å². The number of carboxylic acids is 1. The second-order valence-corrected chi connectivity index (χ2v) is 2.41. The predicted octanol–water partition coefficient (Wildman–Crippen LogP) is -0.813. The zero-order chi connectivity index (χ0) is 7.07. The lowest BCUT2D eigenvalue weighted by Crippen LogP contribution is -2.49. The molecule has 0 spiro atoms. The monoisotopic (exact) mass is 131 g/mol. The van der Waals surface area contributed by atoms with E-state index < -0.39 is 11.5 Å². The predicted molar refractivity (Wildman–Crippen MR) is 30.0 cm³/mol. The van der Waals surface area contributed by atoms with Crippen molar-refractivity contribution in [1.82, 2.24) is 0 Å². The highest BCUT2D eigenvalue weighted by molar-refractivity contribution is 5.79. The minimum Gasteiger partial charge on any atom is -0.480 e. The van der Waals surface area contributed by atoms with Crippen molar-refractivity contribution < 1.29 is 14.6 Å². The highest BCUT2D eigenvalue weighted by Crippen LogP contribution is 2.21. The van der Waals surface area contributed by atoms with Gasteiger partial charge in [-0.05, 0) is 6.92 Å². The first-order chi connectivity index (χ1) is 4.05.